The molecule has 0 atom stereocenters. The lowest BCUT2D eigenvalue weighted by molar-refractivity contribution is 0.131. The van der Waals surface area contributed by atoms with E-state index in [1.165, 1.54) is 0 Å². The van der Waals surface area contributed by atoms with E-state index in [1.54, 1.807) is 6.20 Å². The Kier molecular flexibility index (Phi) is 2.69. The van der Waals surface area contributed by atoms with Crippen molar-refractivity contribution in [2.45, 2.75) is 26.4 Å². The zero-order valence-corrected chi connectivity index (χ0v) is 9.77. The Morgan fingerprint density at radius 2 is 2.12 bits per heavy atom. The summed E-state index contributed by atoms with van der Waals surface area (Å²) in [5.41, 5.74) is 0.816. The summed E-state index contributed by atoms with van der Waals surface area (Å²) >= 11 is 0. The monoisotopic (exact) mass is 215 g/mol. The molecule has 0 fully saturated rings. The summed E-state index contributed by atoms with van der Waals surface area (Å²) in [6, 6.07) is 7.88. The van der Waals surface area contributed by atoms with Gasteiger partial charge in [-0.05, 0) is 32.9 Å². The smallest absolute Gasteiger partial charge is 0.181 e. The molecule has 0 spiro atoms. The van der Waals surface area contributed by atoms with Crippen LogP contribution < -0.4 is 4.74 Å². The highest BCUT2D eigenvalue weighted by Gasteiger charge is 2.11. The minimum absolute atomic E-state index is 0.183. The first-order valence-electron chi connectivity index (χ1n) is 5.25. The lowest BCUT2D eigenvalue weighted by Crippen LogP contribution is -2.22. The Hall–Kier alpha value is -1.77. The van der Waals surface area contributed by atoms with Gasteiger partial charge in [-0.3, -0.25) is 4.57 Å². The topological polar surface area (TPSA) is 27.1 Å². The lowest BCUT2D eigenvalue weighted by atomic mass is 10.2. The first kappa shape index (κ1) is 10.7. The third-order valence-corrected chi connectivity index (χ3v) is 1.98. The summed E-state index contributed by atoms with van der Waals surface area (Å²) < 4.78 is 7.62. The van der Waals surface area contributed by atoms with Crippen molar-refractivity contribution in [3.05, 3.63) is 43.0 Å². The SMILES string of the molecule is CC(C)(C)Oc1cccc(-n2[c]ncc2)c1. The molecular weight excluding hydrogens is 200 g/mol. The summed E-state index contributed by atoms with van der Waals surface area (Å²) in [5, 5.41) is 0. The minimum Gasteiger partial charge on any atom is -0.488 e. The van der Waals surface area contributed by atoms with E-state index >= 15 is 0 Å². The van der Waals surface area contributed by atoms with Crippen LogP contribution in [0.2, 0.25) is 0 Å². The van der Waals surface area contributed by atoms with Crippen LogP contribution in [0.25, 0.3) is 5.69 Å². The van der Waals surface area contributed by atoms with E-state index in [0.717, 1.165) is 11.4 Å². The molecule has 0 saturated heterocycles. The Morgan fingerprint density at radius 1 is 1.31 bits per heavy atom. The molecule has 1 aromatic carbocycles. The fourth-order valence-corrected chi connectivity index (χ4v) is 1.42. The molecule has 83 valence electrons. The van der Waals surface area contributed by atoms with E-state index in [2.05, 4.69) is 11.3 Å². The fraction of sp³-hybridized carbons (Fsp3) is 0.308. The van der Waals surface area contributed by atoms with Crippen LogP contribution in [0.1, 0.15) is 20.8 Å². The van der Waals surface area contributed by atoms with Crippen LogP contribution in [0.5, 0.6) is 5.75 Å². The largest absolute Gasteiger partial charge is 0.488 e. The standard InChI is InChI=1S/C13H15N2O/c1-13(2,3)16-12-6-4-5-11(9-12)15-8-7-14-10-15/h4-9H,1-3H3. The highest BCUT2D eigenvalue weighted by Crippen LogP contribution is 2.20. The first-order valence-corrected chi connectivity index (χ1v) is 5.25. The molecule has 0 bridgehead atoms. The second-order valence-corrected chi connectivity index (χ2v) is 4.61. The molecule has 0 aliphatic carbocycles. The Morgan fingerprint density at radius 3 is 2.75 bits per heavy atom. The van der Waals surface area contributed by atoms with Crippen molar-refractivity contribution in [2.75, 3.05) is 0 Å². The second-order valence-electron chi connectivity index (χ2n) is 4.61. The van der Waals surface area contributed by atoms with Gasteiger partial charge >= 0.3 is 0 Å². The van der Waals surface area contributed by atoms with Crippen molar-refractivity contribution < 1.29 is 4.74 Å². The summed E-state index contributed by atoms with van der Waals surface area (Å²) in [7, 11) is 0. The predicted octanol–water partition coefficient (Wildman–Crippen LogP) is 2.85. The van der Waals surface area contributed by atoms with Gasteiger partial charge in [0.25, 0.3) is 0 Å². The zero-order chi connectivity index (χ0) is 11.6. The Bertz CT molecular complexity index is 455. The summed E-state index contributed by atoms with van der Waals surface area (Å²) in [4.78, 5) is 3.90. The fourth-order valence-electron chi connectivity index (χ4n) is 1.42. The molecule has 0 saturated carbocycles. The van der Waals surface area contributed by atoms with Crippen molar-refractivity contribution >= 4 is 0 Å². The van der Waals surface area contributed by atoms with Crippen LogP contribution in [0, 0.1) is 6.33 Å². The molecule has 1 radical (unpaired) electrons. The number of hydrogen-bond donors (Lipinski definition) is 0. The van der Waals surface area contributed by atoms with E-state index in [9.17, 15) is 0 Å². The molecule has 0 aliphatic heterocycles. The summed E-state index contributed by atoms with van der Waals surface area (Å²) in [6.07, 6.45) is 6.42. The predicted molar refractivity (Wildman–Crippen MR) is 62.8 cm³/mol. The molecule has 2 rings (SSSR count). The lowest BCUT2D eigenvalue weighted by Gasteiger charge is -2.21. The first-order chi connectivity index (χ1) is 7.54. The molecule has 0 amide bonds. The Balaban J connectivity index is 2.27. The number of aromatic nitrogens is 2. The van der Waals surface area contributed by atoms with Gasteiger partial charge in [0.2, 0.25) is 0 Å². The summed E-state index contributed by atoms with van der Waals surface area (Å²) in [6.45, 7) is 6.09. The van der Waals surface area contributed by atoms with Gasteiger partial charge in [0.05, 0.1) is 5.69 Å². The average Bonchev–Trinajstić information content (AvgIpc) is 2.68. The molecular formula is C13H15N2O. The van der Waals surface area contributed by atoms with Gasteiger partial charge < -0.3 is 4.74 Å². The Labute approximate surface area is 95.7 Å². The van der Waals surface area contributed by atoms with E-state index in [-0.39, 0.29) is 5.60 Å². The van der Waals surface area contributed by atoms with Crippen LogP contribution in [0.15, 0.2) is 36.7 Å². The molecule has 1 aromatic heterocycles. The van der Waals surface area contributed by atoms with E-state index in [1.807, 2.05) is 55.8 Å². The van der Waals surface area contributed by atoms with Gasteiger partial charge in [0, 0.05) is 18.5 Å². The molecule has 0 unspecified atom stereocenters. The number of rotatable bonds is 2. The van der Waals surface area contributed by atoms with Crippen molar-refractivity contribution in [3.63, 3.8) is 0 Å². The quantitative estimate of drug-likeness (QED) is 0.770. The van der Waals surface area contributed by atoms with E-state index in [0.29, 0.717) is 0 Å². The van der Waals surface area contributed by atoms with E-state index in [4.69, 9.17) is 4.74 Å². The van der Waals surface area contributed by atoms with Crippen LogP contribution in [-0.4, -0.2) is 15.2 Å². The minimum atomic E-state index is -0.183. The highest BCUT2D eigenvalue weighted by atomic mass is 16.5. The van der Waals surface area contributed by atoms with Crippen LogP contribution >= 0.6 is 0 Å². The van der Waals surface area contributed by atoms with Gasteiger partial charge in [0.1, 0.15) is 11.4 Å². The number of benzene rings is 1. The van der Waals surface area contributed by atoms with Crippen molar-refractivity contribution in [1.29, 1.82) is 0 Å². The summed E-state index contributed by atoms with van der Waals surface area (Å²) in [5.74, 6) is 0.854. The molecule has 0 N–H and O–H groups in total. The third kappa shape index (κ3) is 2.63. The van der Waals surface area contributed by atoms with Crippen LogP contribution in [0.3, 0.4) is 0 Å². The maximum atomic E-state index is 5.79. The molecule has 1 heterocycles. The molecule has 3 heteroatoms. The van der Waals surface area contributed by atoms with Gasteiger partial charge in [-0.2, -0.15) is 0 Å². The second kappa shape index (κ2) is 4.00. The van der Waals surface area contributed by atoms with Gasteiger partial charge in [-0.15, -0.1) is 0 Å². The third-order valence-electron chi connectivity index (χ3n) is 1.98. The van der Waals surface area contributed by atoms with Crippen LogP contribution in [0.4, 0.5) is 0 Å². The normalized spacial score (nSPS) is 11.4. The number of ether oxygens (including phenoxy) is 1. The van der Waals surface area contributed by atoms with Crippen molar-refractivity contribution in [1.82, 2.24) is 9.55 Å². The average molecular weight is 215 g/mol. The van der Waals surface area contributed by atoms with E-state index < -0.39 is 0 Å². The number of nitrogens with zero attached hydrogens (tertiary/aromatic N) is 2. The zero-order valence-electron chi connectivity index (χ0n) is 9.77. The van der Waals surface area contributed by atoms with Crippen molar-refractivity contribution in [3.8, 4) is 11.4 Å². The number of hydrogen-bond acceptors (Lipinski definition) is 2. The highest BCUT2D eigenvalue weighted by molar-refractivity contribution is 5.39. The van der Waals surface area contributed by atoms with Crippen LogP contribution in [-0.2, 0) is 0 Å². The molecule has 2 aromatic rings. The maximum absolute atomic E-state index is 5.79. The van der Waals surface area contributed by atoms with Gasteiger partial charge in [-0.25, -0.2) is 4.98 Å². The van der Waals surface area contributed by atoms with Crippen molar-refractivity contribution in [2.24, 2.45) is 0 Å². The maximum Gasteiger partial charge on any atom is 0.181 e. The number of imidazole rings is 1. The molecule has 3 nitrogen and oxygen atoms in total. The molecule has 0 aliphatic rings. The van der Waals surface area contributed by atoms with Gasteiger partial charge in [-0.1, -0.05) is 6.07 Å². The van der Waals surface area contributed by atoms with Gasteiger partial charge in [0.15, 0.2) is 6.33 Å². The molecule has 16 heavy (non-hydrogen) atoms.